The van der Waals surface area contributed by atoms with Gasteiger partial charge in [0.25, 0.3) is 0 Å². The van der Waals surface area contributed by atoms with Gasteiger partial charge in [-0.3, -0.25) is 4.79 Å². The molecule has 0 radical (unpaired) electrons. The van der Waals surface area contributed by atoms with Gasteiger partial charge in [-0.15, -0.1) is 0 Å². The third kappa shape index (κ3) is 5.30. The molecular formula is C20H26N2O2. The van der Waals surface area contributed by atoms with Gasteiger partial charge < -0.3 is 15.4 Å². The quantitative estimate of drug-likeness (QED) is 0.779. The maximum Gasteiger partial charge on any atom is 0.242 e. The van der Waals surface area contributed by atoms with Crippen LogP contribution in [0.2, 0.25) is 0 Å². The third-order valence-electron chi connectivity index (χ3n) is 3.97. The summed E-state index contributed by atoms with van der Waals surface area (Å²) in [5, 5.41) is 6.27. The van der Waals surface area contributed by atoms with Gasteiger partial charge in [0.15, 0.2) is 0 Å². The van der Waals surface area contributed by atoms with E-state index in [1.165, 1.54) is 5.56 Å². The average molecular weight is 326 g/mol. The molecule has 2 aromatic rings. The van der Waals surface area contributed by atoms with Crippen LogP contribution in [0.15, 0.2) is 54.6 Å². The summed E-state index contributed by atoms with van der Waals surface area (Å²) < 4.78 is 5.30. The Morgan fingerprint density at radius 1 is 1.04 bits per heavy atom. The lowest BCUT2D eigenvalue weighted by atomic mass is 10.1. The Kier molecular flexibility index (Phi) is 6.67. The summed E-state index contributed by atoms with van der Waals surface area (Å²) in [7, 11) is 1.62. The van der Waals surface area contributed by atoms with E-state index in [0.717, 1.165) is 24.3 Å². The first-order valence-electron chi connectivity index (χ1n) is 8.34. The van der Waals surface area contributed by atoms with Gasteiger partial charge in [-0.25, -0.2) is 0 Å². The summed E-state index contributed by atoms with van der Waals surface area (Å²) in [5.41, 5.74) is 2.11. The fourth-order valence-corrected chi connectivity index (χ4v) is 2.53. The lowest BCUT2D eigenvalue weighted by Gasteiger charge is -2.20. The second-order valence-corrected chi connectivity index (χ2v) is 6.00. The van der Waals surface area contributed by atoms with Crippen molar-refractivity contribution >= 4 is 11.6 Å². The van der Waals surface area contributed by atoms with Crippen LogP contribution in [0.4, 0.5) is 5.69 Å². The van der Waals surface area contributed by atoms with Crippen molar-refractivity contribution in [1.29, 1.82) is 0 Å². The van der Waals surface area contributed by atoms with Gasteiger partial charge in [-0.05, 0) is 44.4 Å². The molecule has 2 unspecified atom stereocenters. The van der Waals surface area contributed by atoms with Crippen molar-refractivity contribution in [2.75, 3.05) is 12.4 Å². The van der Waals surface area contributed by atoms with Gasteiger partial charge in [-0.2, -0.15) is 0 Å². The Bertz CT molecular complexity index is 643. The molecule has 0 aliphatic carbocycles. The zero-order valence-electron chi connectivity index (χ0n) is 14.6. The van der Waals surface area contributed by atoms with Crippen molar-refractivity contribution in [3.8, 4) is 5.75 Å². The molecule has 0 saturated carbocycles. The molecule has 0 saturated heterocycles. The smallest absolute Gasteiger partial charge is 0.242 e. The second-order valence-electron chi connectivity index (χ2n) is 6.00. The second kappa shape index (κ2) is 8.96. The number of hydrogen-bond acceptors (Lipinski definition) is 3. The van der Waals surface area contributed by atoms with Crippen LogP contribution in [0.5, 0.6) is 5.75 Å². The molecule has 24 heavy (non-hydrogen) atoms. The average Bonchev–Trinajstić information content (AvgIpc) is 2.61. The highest BCUT2D eigenvalue weighted by Crippen LogP contribution is 2.23. The number of amides is 1. The lowest BCUT2D eigenvalue weighted by Crippen LogP contribution is -2.42. The minimum Gasteiger partial charge on any atom is -0.495 e. The van der Waals surface area contributed by atoms with Crippen LogP contribution < -0.4 is 15.4 Å². The monoisotopic (exact) mass is 326 g/mol. The molecule has 0 aliphatic heterocycles. The number of hydrogen-bond donors (Lipinski definition) is 2. The van der Waals surface area contributed by atoms with Crippen LogP contribution >= 0.6 is 0 Å². The normalized spacial score (nSPS) is 13.0. The molecule has 2 atom stereocenters. The standard InChI is InChI=1S/C20H26N2O2/c1-15(13-14-17-9-5-4-6-10-17)21-20(23)16(2)22-18-11-7-8-12-19(18)24-3/h4-12,15-16,22H,13-14H2,1-3H3,(H,21,23). The molecule has 2 N–H and O–H groups in total. The van der Waals surface area contributed by atoms with Gasteiger partial charge in [0.2, 0.25) is 5.91 Å². The summed E-state index contributed by atoms with van der Waals surface area (Å²) in [6.45, 7) is 3.89. The van der Waals surface area contributed by atoms with Crippen molar-refractivity contribution in [1.82, 2.24) is 5.32 Å². The van der Waals surface area contributed by atoms with Crippen LogP contribution in [-0.4, -0.2) is 25.1 Å². The van der Waals surface area contributed by atoms with E-state index in [1.54, 1.807) is 7.11 Å². The largest absolute Gasteiger partial charge is 0.495 e. The summed E-state index contributed by atoms with van der Waals surface area (Å²) in [6.07, 6.45) is 1.87. The van der Waals surface area contributed by atoms with E-state index in [-0.39, 0.29) is 18.0 Å². The van der Waals surface area contributed by atoms with Gasteiger partial charge >= 0.3 is 0 Å². The van der Waals surface area contributed by atoms with E-state index in [9.17, 15) is 4.79 Å². The zero-order valence-corrected chi connectivity index (χ0v) is 14.6. The highest BCUT2D eigenvalue weighted by atomic mass is 16.5. The van der Waals surface area contributed by atoms with Gasteiger partial charge in [-0.1, -0.05) is 42.5 Å². The number of anilines is 1. The molecule has 4 heteroatoms. The van der Waals surface area contributed by atoms with Crippen molar-refractivity contribution in [2.45, 2.75) is 38.8 Å². The molecule has 0 heterocycles. The van der Waals surface area contributed by atoms with E-state index < -0.39 is 0 Å². The van der Waals surface area contributed by atoms with E-state index in [0.29, 0.717) is 0 Å². The number of para-hydroxylation sites is 2. The fourth-order valence-electron chi connectivity index (χ4n) is 2.53. The first kappa shape index (κ1) is 17.9. The Morgan fingerprint density at radius 2 is 1.71 bits per heavy atom. The lowest BCUT2D eigenvalue weighted by molar-refractivity contribution is -0.122. The van der Waals surface area contributed by atoms with Crippen LogP contribution in [0.1, 0.15) is 25.8 Å². The van der Waals surface area contributed by atoms with E-state index >= 15 is 0 Å². The number of benzene rings is 2. The SMILES string of the molecule is COc1ccccc1NC(C)C(=O)NC(C)CCc1ccccc1. The van der Waals surface area contributed by atoms with Crippen LogP contribution in [-0.2, 0) is 11.2 Å². The van der Waals surface area contributed by atoms with E-state index in [2.05, 4.69) is 22.8 Å². The number of nitrogens with one attached hydrogen (secondary N) is 2. The minimum absolute atomic E-state index is 0.0125. The number of ether oxygens (including phenoxy) is 1. The van der Waals surface area contributed by atoms with E-state index in [4.69, 9.17) is 4.74 Å². The van der Waals surface area contributed by atoms with Crippen molar-refractivity contribution in [3.05, 3.63) is 60.2 Å². The summed E-state index contributed by atoms with van der Waals surface area (Å²) in [4.78, 5) is 12.4. The number of methoxy groups -OCH3 is 1. The van der Waals surface area contributed by atoms with Gasteiger partial charge in [0.1, 0.15) is 11.8 Å². The minimum atomic E-state index is -0.333. The van der Waals surface area contributed by atoms with Crippen LogP contribution in [0.3, 0.4) is 0 Å². The maximum absolute atomic E-state index is 12.4. The number of carbonyl (C=O) groups is 1. The highest BCUT2D eigenvalue weighted by Gasteiger charge is 2.16. The maximum atomic E-state index is 12.4. The van der Waals surface area contributed by atoms with Crippen LogP contribution in [0.25, 0.3) is 0 Å². The number of rotatable bonds is 8. The van der Waals surface area contributed by atoms with Crippen LogP contribution in [0, 0.1) is 0 Å². The molecule has 0 aliphatic rings. The predicted molar refractivity (Wildman–Crippen MR) is 98.4 cm³/mol. The summed E-state index contributed by atoms with van der Waals surface area (Å²) >= 11 is 0. The topological polar surface area (TPSA) is 50.4 Å². The fraction of sp³-hybridized carbons (Fsp3) is 0.350. The molecule has 0 fully saturated rings. The Morgan fingerprint density at radius 3 is 2.42 bits per heavy atom. The highest BCUT2D eigenvalue weighted by molar-refractivity contribution is 5.84. The van der Waals surface area contributed by atoms with Gasteiger partial charge in [0.05, 0.1) is 12.8 Å². The van der Waals surface area contributed by atoms with Crippen molar-refractivity contribution in [3.63, 3.8) is 0 Å². The molecule has 0 aromatic heterocycles. The van der Waals surface area contributed by atoms with Crippen molar-refractivity contribution < 1.29 is 9.53 Å². The third-order valence-corrected chi connectivity index (χ3v) is 3.97. The molecule has 128 valence electrons. The van der Waals surface area contributed by atoms with E-state index in [1.807, 2.05) is 56.3 Å². The first-order chi connectivity index (χ1) is 11.6. The number of aryl methyl sites for hydroxylation is 1. The molecule has 2 rings (SSSR count). The molecular weight excluding hydrogens is 300 g/mol. The Labute approximate surface area is 144 Å². The predicted octanol–water partition coefficient (Wildman–Crippen LogP) is 3.63. The Hall–Kier alpha value is -2.49. The molecule has 4 nitrogen and oxygen atoms in total. The number of carbonyl (C=O) groups excluding carboxylic acids is 1. The summed E-state index contributed by atoms with van der Waals surface area (Å²) in [6, 6.07) is 17.7. The van der Waals surface area contributed by atoms with Crippen molar-refractivity contribution in [2.24, 2.45) is 0 Å². The molecule has 1 amide bonds. The zero-order chi connectivity index (χ0) is 17.4. The molecule has 2 aromatic carbocycles. The molecule has 0 bridgehead atoms. The van der Waals surface area contributed by atoms with Gasteiger partial charge in [0, 0.05) is 6.04 Å². The molecule has 0 spiro atoms. The summed E-state index contributed by atoms with van der Waals surface area (Å²) in [5.74, 6) is 0.718. The first-order valence-corrected chi connectivity index (χ1v) is 8.34. The Balaban J connectivity index is 1.82.